The normalized spacial score (nSPS) is 27.1. The molecule has 0 spiro atoms. The second-order valence-corrected chi connectivity index (χ2v) is 7.65. The number of rotatable bonds is 1. The Hall–Kier alpha value is -1.98. The van der Waals surface area contributed by atoms with Gasteiger partial charge in [0.2, 0.25) is 0 Å². The number of nitrogen functional groups attached to an aromatic ring is 2. The minimum atomic E-state index is -0.458. The molecule has 6 heteroatoms. The quantitative estimate of drug-likeness (QED) is 0.830. The number of ether oxygens (including phenoxy) is 1. The fraction of sp³-hybridized carbons (Fsp3) is 0.647. The number of nitrogens with zero attached hydrogens (tertiary/aromatic N) is 2. The fourth-order valence-electron chi connectivity index (χ4n) is 3.76. The predicted molar refractivity (Wildman–Crippen MR) is 89.9 cm³/mol. The Balaban J connectivity index is 1.74. The summed E-state index contributed by atoms with van der Waals surface area (Å²) in [6.45, 7) is 5.71. The number of anilines is 2. The molecule has 6 nitrogen and oxygen atoms in total. The lowest BCUT2D eigenvalue weighted by Gasteiger charge is -2.39. The molecule has 0 aromatic carbocycles. The van der Waals surface area contributed by atoms with Gasteiger partial charge in [0.25, 0.3) is 0 Å². The number of pyridine rings is 1. The Morgan fingerprint density at radius 2 is 1.83 bits per heavy atom. The van der Waals surface area contributed by atoms with E-state index < -0.39 is 5.60 Å². The molecule has 2 saturated heterocycles. The van der Waals surface area contributed by atoms with Gasteiger partial charge in [-0.3, -0.25) is 0 Å². The van der Waals surface area contributed by atoms with Crippen molar-refractivity contribution in [3.63, 3.8) is 0 Å². The van der Waals surface area contributed by atoms with Gasteiger partial charge < -0.3 is 21.1 Å². The number of nitrogens with two attached hydrogens (primary N) is 2. The van der Waals surface area contributed by atoms with E-state index in [-0.39, 0.29) is 18.2 Å². The molecule has 126 valence electrons. The van der Waals surface area contributed by atoms with Crippen LogP contribution in [0.25, 0.3) is 0 Å². The third kappa shape index (κ3) is 3.21. The molecule has 2 fully saturated rings. The van der Waals surface area contributed by atoms with Crippen LogP contribution in [0.4, 0.5) is 16.3 Å². The van der Waals surface area contributed by atoms with Gasteiger partial charge in [0, 0.05) is 23.7 Å². The average Bonchev–Trinajstić information content (AvgIpc) is 2.71. The third-order valence-corrected chi connectivity index (χ3v) is 4.73. The highest BCUT2D eigenvalue weighted by molar-refractivity contribution is 5.69. The lowest BCUT2D eigenvalue weighted by atomic mass is 9.88. The third-order valence-electron chi connectivity index (χ3n) is 4.73. The van der Waals surface area contributed by atoms with Crippen LogP contribution in [0.1, 0.15) is 58.1 Å². The van der Waals surface area contributed by atoms with E-state index in [0.717, 1.165) is 31.4 Å². The molecule has 1 amide bonds. The lowest BCUT2D eigenvalue weighted by Crippen LogP contribution is -2.48. The smallest absolute Gasteiger partial charge is 0.410 e. The summed E-state index contributed by atoms with van der Waals surface area (Å²) in [6.07, 6.45) is 3.70. The molecule has 1 aromatic heterocycles. The second-order valence-electron chi connectivity index (χ2n) is 7.65. The van der Waals surface area contributed by atoms with Crippen molar-refractivity contribution in [2.24, 2.45) is 0 Å². The number of carbonyl (C=O) groups excluding carboxylic acids is 1. The standard InChI is InChI=1S/C17H26N4O2/c1-17(2,3)23-16(22)21-11-4-5-12(21)9-10(8-11)14-7-6-13(18)15(19)20-14/h6-7,10-12H,4-5,8-9,18H2,1-3H3,(H2,19,20). The van der Waals surface area contributed by atoms with E-state index in [1.807, 2.05) is 37.8 Å². The van der Waals surface area contributed by atoms with E-state index in [1.54, 1.807) is 0 Å². The first-order chi connectivity index (χ1) is 10.7. The van der Waals surface area contributed by atoms with Crippen LogP contribution in [0.5, 0.6) is 0 Å². The number of hydrogen-bond donors (Lipinski definition) is 2. The van der Waals surface area contributed by atoms with E-state index in [4.69, 9.17) is 16.2 Å². The summed E-state index contributed by atoms with van der Waals surface area (Å²) in [5, 5.41) is 0. The van der Waals surface area contributed by atoms with Crippen LogP contribution in [0.15, 0.2) is 12.1 Å². The Morgan fingerprint density at radius 3 is 2.35 bits per heavy atom. The summed E-state index contributed by atoms with van der Waals surface area (Å²) in [4.78, 5) is 18.9. The van der Waals surface area contributed by atoms with E-state index in [0.29, 0.717) is 17.4 Å². The van der Waals surface area contributed by atoms with Crippen LogP contribution in [0, 0.1) is 0 Å². The molecule has 0 radical (unpaired) electrons. The zero-order valence-electron chi connectivity index (χ0n) is 14.1. The fourth-order valence-corrected chi connectivity index (χ4v) is 3.76. The van der Waals surface area contributed by atoms with E-state index in [1.165, 1.54) is 0 Å². The lowest BCUT2D eigenvalue weighted by molar-refractivity contribution is 0.00570. The first kappa shape index (κ1) is 15.9. The van der Waals surface area contributed by atoms with Crippen LogP contribution in [-0.2, 0) is 4.74 Å². The topological polar surface area (TPSA) is 94.5 Å². The van der Waals surface area contributed by atoms with Gasteiger partial charge in [0.1, 0.15) is 11.4 Å². The molecule has 4 N–H and O–H groups in total. The van der Waals surface area contributed by atoms with Gasteiger partial charge in [-0.2, -0.15) is 0 Å². The van der Waals surface area contributed by atoms with E-state index >= 15 is 0 Å². The molecule has 0 aliphatic carbocycles. The van der Waals surface area contributed by atoms with Crippen molar-refractivity contribution in [2.45, 2.75) is 70.1 Å². The zero-order valence-corrected chi connectivity index (χ0v) is 14.1. The summed E-state index contributed by atoms with van der Waals surface area (Å²) in [5.41, 5.74) is 12.6. The summed E-state index contributed by atoms with van der Waals surface area (Å²) >= 11 is 0. The summed E-state index contributed by atoms with van der Waals surface area (Å²) in [6, 6.07) is 4.24. The molecule has 2 bridgehead atoms. The molecular weight excluding hydrogens is 292 g/mol. The number of fused-ring (bicyclic) bond motifs is 2. The van der Waals surface area contributed by atoms with E-state index in [9.17, 15) is 4.79 Å². The first-order valence-corrected chi connectivity index (χ1v) is 8.28. The molecular formula is C17H26N4O2. The highest BCUT2D eigenvalue weighted by Crippen LogP contribution is 2.43. The van der Waals surface area contributed by atoms with Crippen LogP contribution in [0.3, 0.4) is 0 Å². The van der Waals surface area contributed by atoms with Crippen molar-refractivity contribution in [1.82, 2.24) is 9.88 Å². The molecule has 3 heterocycles. The summed E-state index contributed by atoms with van der Waals surface area (Å²) < 4.78 is 5.57. The Kier molecular flexibility index (Phi) is 3.86. The molecule has 0 saturated carbocycles. The van der Waals surface area contributed by atoms with Crippen molar-refractivity contribution < 1.29 is 9.53 Å². The van der Waals surface area contributed by atoms with Gasteiger partial charge in [-0.15, -0.1) is 0 Å². The SMILES string of the molecule is CC(C)(C)OC(=O)N1C2CCC1CC(c1ccc(N)c(N)n1)C2. The summed E-state index contributed by atoms with van der Waals surface area (Å²) in [7, 11) is 0. The van der Waals surface area contributed by atoms with Crippen LogP contribution >= 0.6 is 0 Å². The predicted octanol–water partition coefficient (Wildman–Crippen LogP) is 2.89. The van der Waals surface area contributed by atoms with Gasteiger partial charge in [-0.05, 0) is 58.6 Å². The zero-order chi connectivity index (χ0) is 16.8. The number of amides is 1. The maximum atomic E-state index is 12.5. The molecule has 23 heavy (non-hydrogen) atoms. The second kappa shape index (κ2) is 5.58. The molecule has 3 rings (SSSR count). The number of aromatic nitrogens is 1. The van der Waals surface area contributed by atoms with Gasteiger partial charge in [0.05, 0.1) is 5.69 Å². The molecule has 2 aliphatic rings. The van der Waals surface area contributed by atoms with Crippen LogP contribution in [-0.4, -0.2) is 33.7 Å². The number of hydrogen-bond acceptors (Lipinski definition) is 5. The highest BCUT2D eigenvalue weighted by Gasteiger charge is 2.45. The van der Waals surface area contributed by atoms with E-state index in [2.05, 4.69) is 4.98 Å². The van der Waals surface area contributed by atoms with Gasteiger partial charge in [-0.1, -0.05) is 0 Å². The van der Waals surface area contributed by atoms with Crippen molar-refractivity contribution >= 4 is 17.6 Å². The number of piperidine rings is 1. The Morgan fingerprint density at radius 1 is 1.22 bits per heavy atom. The van der Waals surface area contributed by atoms with Gasteiger partial charge >= 0.3 is 6.09 Å². The van der Waals surface area contributed by atoms with Crippen molar-refractivity contribution in [3.05, 3.63) is 17.8 Å². The Labute approximate surface area is 137 Å². The largest absolute Gasteiger partial charge is 0.444 e. The number of carbonyl (C=O) groups is 1. The molecule has 2 aliphatic heterocycles. The first-order valence-electron chi connectivity index (χ1n) is 8.28. The molecule has 2 unspecified atom stereocenters. The highest BCUT2D eigenvalue weighted by atomic mass is 16.6. The molecule has 2 atom stereocenters. The Bertz CT molecular complexity index is 597. The van der Waals surface area contributed by atoms with Crippen LogP contribution < -0.4 is 11.5 Å². The average molecular weight is 318 g/mol. The maximum Gasteiger partial charge on any atom is 0.410 e. The minimum absolute atomic E-state index is 0.187. The van der Waals surface area contributed by atoms with Crippen molar-refractivity contribution in [3.8, 4) is 0 Å². The minimum Gasteiger partial charge on any atom is -0.444 e. The van der Waals surface area contributed by atoms with Crippen LogP contribution in [0.2, 0.25) is 0 Å². The molecule has 1 aromatic rings. The summed E-state index contributed by atoms with van der Waals surface area (Å²) in [5.74, 6) is 0.721. The van der Waals surface area contributed by atoms with Crippen molar-refractivity contribution in [1.29, 1.82) is 0 Å². The van der Waals surface area contributed by atoms with Gasteiger partial charge in [0.15, 0.2) is 0 Å². The van der Waals surface area contributed by atoms with Crippen molar-refractivity contribution in [2.75, 3.05) is 11.5 Å². The maximum absolute atomic E-state index is 12.5. The monoisotopic (exact) mass is 318 g/mol. The van der Waals surface area contributed by atoms with Gasteiger partial charge in [-0.25, -0.2) is 9.78 Å².